The second-order valence-corrected chi connectivity index (χ2v) is 9.33. The number of benzene rings is 3. The molecule has 0 bridgehead atoms. The molecule has 144 valence electrons. The Morgan fingerprint density at radius 1 is 0.929 bits per heavy atom. The highest BCUT2D eigenvalue weighted by Crippen LogP contribution is 2.25. The van der Waals surface area contributed by atoms with Crippen molar-refractivity contribution in [1.29, 1.82) is 0 Å². The largest absolute Gasteiger partial charge is 0.338 e. The third-order valence-electron chi connectivity index (χ3n) is 5.43. The highest BCUT2D eigenvalue weighted by molar-refractivity contribution is 7.91. The number of amides is 1. The first-order valence-corrected chi connectivity index (χ1v) is 11.2. The first-order chi connectivity index (χ1) is 13.5. The van der Waals surface area contributed by atoms with Gasteiger partial charge in [0, 0.05) is 12.6 Å². The van der Waals surface area contributed by atoms with Crippen molar-refractivity contribution in [2.24, 2.45) is 0 Å². The van der Waals surface area contributed by atoms with E-state index in [1.54, 1.807) is 35.2 Å². The maximum atomic E-state index is 13.0. The van der Waals surface area contributed by atoms with E-state index < -0.39 is 9.84 Å². The highest BCUT2D eigenvalue weighted by atomic mass is 32.2. The number of carbonyl (C=O) groups is 1. The molecular formula is C23H23NO3S. The quantitative estimate of drug-likeness (QED) is 0.662. The van der Waals surface area contributed by atoms with Crippen LogP contribution in [0.3, 0.4) is 0 Å². The lowest BCUT2D eigenvalue weighted by Gasteiger charge is -2.25. The van der Waals surface area contributed by atoms with Gasteiger partial charge in [0.05, 0.1) is 17.1 Å². The van der Waals surface area contributed by atoms with Gasteiger partial charge in [-0.3, -0.25) is 4.79 Å². The number of rotatable bonds is 5. The van der Waals surface area contributed by atoms with Crippen molar-refractivity contribution in [2.45, 2.75) is 30.2 Å². The number of sulfone groups is 1. The molecule has 1 aliphatic rings. The Morgan fingerprint density at radius 3 is 2.46 bits per heavy atom. The van der Waals surface area contributed by atoms with Crippen molar-refractivity contribution in [1.82, 2.24) is 4.90 Å². The lowest BCUT2D eigenvalue weighted by molar-refractivity contribution is -0.130. The summed E-state index contributed by atoms with van der Waals surface area (Å²) in [6, 6.07) is 22.2. The van der Waals surface area contributed by atoms with Crippen LogP contribution in [0.15, 0.2) is 77.7 Å². The van der Waals surface area contributed by atoms with Gasteiger partial charge in [-0.15, -0.1) is 0 Å². The zero-order valence-corrected chi connectivity index (χ0v) is 16.4. The van der Waals surface area contributed by atoms with Crippen molar-refractivity contribution in [3.8, 4) is 0 Å². The molecule has 5 heteroatoms. The summed E-state index contributed by atoms with van der Waals surface area (Å²) in [4.78, 5) is 15.1. The average Bonchev–Trinajstić information content (AvgIpc) is 3.16. The van der Waals surface area contributed by atoms with Gasteiger partial charge in [0.25, 0.3) is 0 Å². The van der Waals surface area contributed by atoms with Crippen LogP contribution >= 0.6 is 0 Å². The molecule has 0 N–H and O–H groups in total. The summed E-state index contributed by atoms with van der Waals surface area (Å²) in [5.74, 6) is -0.0136. The fourth-order valence-electron chi connectivity index (χ4n) is 4.03. The fourth-order valence-corrected chi connectivity index (χ4v) is 5.64. The maximum Gasteiger partial charge on any atom is 0.227 e. The number of hydrogen-bond donors (Lipinski definition) is 0. The first kappa shape index (κ1) is 18.7. The van der Waals surface area contributed by atoms with Crippen LogP contribution in [-0.4, -0.2) is 37.6 Å². The summed E-state index contributed by atoms with van der Waals surface area (Å²) in [6.45, 7) is 0.624. The Morgan fingerprint density at radius 2 is 1.64 bits per heavy atom. The predicted octanol–water partition coefficient (Wildman–Crippen LogP) is 3.85. The van der Waals surface area contributed by atoms with Gasteiger partial charge in [-0.2, -0.15) is 0 Å². The molecule has 4 nitrogen and oxygen atoms in total. The number of fused-ring (bicyclic) bond motifs is 1. The second kappa shape index (κ2) is 7.76. The van der Waals surface area contributed by atoms with Gasteiger partial charge in [-0.05, 0) is 41.3 Å². The Labute approximate surface area is 165 Å². The molecule has 1 fully saturated rings. The molecule has 0 saturated carbocycles. The Balaban J connectivity index is 1.52. The lowest BCUT2D eigenvalue weighted by atomic mass is 10.0. The van der Waals surface area contributed by atoms with Gasteiger partial charge in [0.15, 0.2) is 9.84 Å². The van der Waals surface area contributed by atoms with Gasteiger partial charge in [-0.25, -0.2) is 8.42 Å². The van der Waals surface area contributed by atoms with Crippen molar-refractivity contribution < 1.29 is 13.2 Å². The first-order valence-electron chi connectivity index (χ1n) is 9.58. The highest BCUT2D eigenvalue weighted by Gasteiger charge is 2.33. The molecule has 1 saturated heterocycles. The molecule has 1 heterocycles. The molecule has 0 aliphatic carbocycles. The molecule has 0 radical (unpaired) electrons. The molecule has 1 atom stereocenters. The van der Waals surface area contributed by atoms with Crippen LogP contribution in [0.2, 0.25) is 0 Å². The van der Waals surface area contributed by atoms with E-state index in [1.807, 2.05) is 42.5 Å². The van der Waals surface area contributed by atoms with Gasteiger partial charge < -0.3 is 4.90 Å². The van der Waals surface area contributed by atoms with Crippen LogP contribution in [-0.2, 0) is 21.1 Å². The minimum atomic E-state index is -3.41. The number of likely N-dealkylation sites (tertiary alicyclic amines) is 1. The van der Waals surface area contributed by atoms with E-state index in [2.05, 4.69) is 0 Å². The molecule has 4 rings (SSSR count). The van der Waals surface area contributed by atoms with E-state index in [9.17, 15) is 13.2 Å². The van der Waals surface area contributed by atoms with Crippen LogP contribution in [0.25, 0.3) is 10.8 Å². The van der Waals surface area contributed by atoms with Crippen LogP contribution in [0.4, 0.5) is 0 Å². The van der Waals surface area contributed by atoms with E-state index >= 15 is 0 Å². The Bertz CT molecular complexity index is 1090. The van der Waals surface area contributed by atoms with Gasteiger partial charge in [0.1, 0.15) is 0 Å². The molecule has 1 aliphatic heterocycles. The zero-order chi connectivity index (χ0) is 19.6. The third kappa shape index (κ3) is 3.80. The summed E-state index contributed by atoms with van der Waals surface area (Å²) in [5.41, 5.74) is 0.986. The summed E-state index contributed by atoms with van der Waals surface area (Å²) in [7, 11) is -3.41. The maximum absolute atomic E-state index is 13.0. The van der Waals surface area contributed by atoms with Crippen LogP contribution in [0.1, 0.15) is 18.4 Å². The normalized spacial score (nSPS) is 17.1. The third-order valence-corrected chi connectivity index (χ3v) is 7.25. The number of nitrogens with zero attached hydrogens (tertiary/aromatic N) is 1. The van der Waals surface area contributed by atoms with Gasteiger partial charge >= 0.3 is 0 Å². The molecule has 3 aromatic carbocycles. The zero-order valence-electron chi connectivity index (χ0n) is 15.6. The van der Waals surface area contributed by atoms with Crippen molar-refractivity contribution in [3.63, 3.8) is 0 Å². The van der Waals surface area contributed by atoms with E-state index in [-0.39, 0.29) is 17.7 Å². The van der Waals surface area contributed by atoms with E-state index in [4.69, 9.17) is 0 Å². The minimum Gasteiger partial charge on any atom is -0.338 e. The van der Waals surface area contributed by atoms with Crippen molar-refractivity contribution in [3.05, 3.63) is 78.4 Å². The van der Waals surface area contributed by atoms with Crippen LogP contribution < -0.4 is 0 Å². The summed E-state index contributed by atoms with van der Waals surface area (Å²) < 4.78 is 25.5. The SMILES string of the molecule is O=C(Cc1cccc2ccccc12)N1CCCC1CS(=O)(=O)c1ccccc1. The average molecular weight is 394 g/mol. The summed E-state index contributed by atoms with van der Waals surface area (Å²) in [6.07, 6.45) is 1.87. The molecule has 0 spiro atoms. The van der Waals surface area contributed by atoms with Crippen LogP contribution in [0.5, 0.6) is 0 Å². The fraction of sp³-hybridized carbons (Fsp3) is 0.261. The molecule has 1 unspecified atom stereocenters. The number of carbonyl (C=O) groups excluding carboxylic acids is 1. The smallest absolute Gasteiger partial charge is 0.227 e. The van der Waals surface area contributed by atoms with Crippen molar-refractivity contribution in [2.75, 3.05) is 12.3 Å². The van der Waals surface area contributed by atoms with E-state index in [1.165, 1.54) is 0 Å². The Hall–Kier alpha value is -2.66. The predicted molar refractivity (Wildman–Crippen MR) is 111 cm³/mol. The molecule has 1 amide bonds. The molecular weight excluding hydrogens is 370 g/mol. The topological polar surface area (TPSA) is 54.5 Å². The monoisotopic (exact) mass is 393 g/mol. The molecule has 0 aromatic heterocycles. The van der Waals surface area contributed by atoms with Crippen LogP contribution in [0, 0.1) is 0 Å². The summed E-state index contributed by atoms with van der Waals surface area (Å²) in [5, 5.41) is 2.18. The second-order valence-electron chi connectivity index (χ2n) is 7.29. The minimum absolute atomic E-state index is 0.00196. The van der Waals surface area contributed by atoms with Crippen molar-refractivity contribution >= 4 is 26.5 Å². The molecule has 28 heavy (non-hydrogen) atoms. The lowest BCUT2D eigenvalue weighted by Crippen LogP contribution is -2.40. The Kier molecular flexibility index (Phi) is 5.18. The van der Waals surface area contributed by atoms with E-state index in [0.29, 0.717) is 17.9 Å². The summed E-state index contributed by atoms with van der Waals surface area (Å²) >= 11 is 0. The molecule has 3 aromatic rings. The van der Waals surface area contributed by atoms with E-state index in [0.717, 1.165) is 29.2 Å². The van der Waals surface area contributed by atoms with Gasteiger partial charge in [-0.1, -0.05) is 60.7 Å². The standard InChI is InChI=1S/C23H23NO3S/c25-23(16-19-10-6-9-18-8-4-5-14-22(18)19)24-15-7-11-20(24)17-28(26,27)21-12-2-1-3-13-21/h1-6,8-10,12-14,20H,7,11,15-17H2. The number of hydrogen-bond acceptors (Lipinski definition) is 3. The van der Waals surface area contributed by atoms with Gasteiger partial charge in [0.2, 0.25) is 5.91 Å².